The van der Waals surface area contributed by atoms with Gasteiger partial charge in [0.25, 0.3) is 5.91 Å². The maximum absolute atomic E-state index is 12.4. The van der Waals surface area contributed by atoms with Gasteiger partial charge in [-0.3, -0.25) is 9.59 Å². The van der Waals surface area contributed by atoms with E-state index in [1.54, 1.807) is 24.3 Å². The van der Waals surface area contributed by atoms with Gasteiger partial charge < -0.3 is 19.5 Å². The zero-order valence-corrected chi connectivity index (χ0v) is 13.1. The fraction of sp³-hybridized carbons (Fsp3) is 0.438. The highest BCUT2D eigenvalue weighted by Gasteiger charge is 2.56. The van der Waals surface area contributed by atoms with Gasteiger partial charge in [-0.05, 0) is 12.5 Å². The Bertz CT molecular complexity index is 600. The summed E-state index contributed by atoms with van der Waals surface area (Å²) in [6.45, 7) is 2.61. The van der Waals surface area contributed by atoms with Gasteiger partial charge in [-0.2, -0.15) is 0 Å². The smallest absolute Gasteiger partial charge is 0.331 e. The van der Waals surface area contributed by atoms with Crippen LogP contribution in [0.1, 0.15) is 25.5 Å². The van der Waals surface area contributed by atoms with Gasteiger partial charge >= 0.3 is 11.9 Å². The Morgan fingerprint density at radius 3 is 2.35 bits per heavy atom. The topological polar surface area (TPSA) is 93.1 Å². The van der Waals surface area contributed by atoms with Crippen LogP contribution in [0.4, 0.5) is 0 Å². The summed E-state index contributed by atoms with van der Waals surface area (Å²) in [5, 5.41) is 9.90. The SMILES string of the molecule is COC(=O)C(C(C)O)N1C(=O)[C@H](OC(C)=O)[C@@H]1c1ccccc1. The van der Waals surface area contributed by atoms with E-state index < -0.39 is 42.1 Å². The minimum absolute atomic E-state index is 0.537. The van der Waals surface area contributed by atoms with Crippen molar-refractivity contribution in [3.8, 4) is 0 Å². The van der Waals surface area contributed by atoms with Crippen LogP contribution in [0, 0.1) is 0 Å². The summed E-state index contributed by atoms with van der Waals surface area (Å²) < 4.78 is 9.75. The molecule has 124 valence electrons. The van der Waals surface area contributed by atoms with E-state index in [-0.39, 0.29) is 0 Å². The highest BCUT2D eigenvalue weighted by Crippen LogP contribution is 2.39. The van der Waals surface area contributed by atoms with Crippen molar-refractivity contribution >= 4 is 17.8 Å². The second kappa shape index (κ2) is 6.78. The fourth-order valence-electron chi connectivity index (χ4n) is 2.74. The van der Waals surface area contributed by atoms with Gasteiger partial charge in [-0.1, -0.05) is 30.3 Å². The fourth-order valence-corrected chi connectivity index (χ4v) is 2.74. The first-order valence-electron chi connectivity index (χ1n) is 7.18. The maximum atomic E-state index is 12.4. The lowest BCUT2D eigenvalue weighted by molar-refractivity contribution is -0.195. The molecule has 0 bridgehead atoms. The van der Waals surface area contributed by atoms with Crippen LogP contribution < -0.4 is 0 Å². The summed E-state index contributed by atoms with van der Waals surface area (Å²) in [4.78, 5) is 36.8. The average molecular weight is 321 g/mol. The number of hydrogen-bond acceptors (Lipinski definition) is 6. The van der Waals surface area contributed by atoms with Crippen LogP contribution >= 0.6 is 0 Å². The van der Waals surface area contributed by atoms with Crippen molar-refractivity contribution in [2.75, 3.05) is 7.11 Å². The number of likely N-dealkylation sites (tertiary alicyclic amines) is 1. The Kier molecular flexibility index (Phi) is 5.00. The number of carbonyl (C=O) groups excluding carboxylic acids is 3. The lowest BCUT2D eigenvalue weighted by Crippen LogP contribution is -2.67. The van der Waals surface area contributed by atoms with Crippen LogP contribution in [0.25, 0.3) is 0 Å². The zero-order valence-electron chi connectivity index (χ0n) is 13.1. The molecule has 23 heavy (non-hydrogen) atoms. The van der Waals surface area contributed by atoms with Gasteiger partial charge in [0.1, 0.15) is 6.04 Å². The Hall–Kier alpha value is -2.41. The van der Waals surface area contributed by atoms with Crippen molar-refractivity contribution < 1.29 is 29.0 Å². The van der Waals surface area contributed by atoms with Crippen molar-refractivity contribution in [1.29, 1.82) is 0 Å². The molecule has 2 rings (SSSR count). The number of aliphatic hydroxyl groups excluding tert-OH is 1. The van der Waals surface area contributed by atoms with E-state index in [2.05, 4.69) is 4.74 Å². The minimum Gasteiger partial charge on any atom is -0.467 e. The van der Waals surface area contributed by atoms with Gasteiger partial charge in [0.2, 0.25) is 6.10 Å². The number of aliphatic hydroxyl groups is 1. The molecule has 1 fully saturated rings. The quantitative estimate of drug-likeness (QED) is 0.624. The number of nitrogens with zero attached hydrogens (tertiary/aromatic N) is 1. The normalized spacial score (nSPS) is 22.8. The summed E-state index contributed by atoms with van der Waals surface area (Å²) in [6, 6.07) is 7.07. The first-order valence-corrected chi connectivity index (χ1v) is 7.18. The Labute approximate surface area is 133 Å². The summed E-state index contributed by atoms with van der Waals surface area (Å²) >= 11 is 0. The number of rotatable bonds is 5. The highest BCUT2D eigenvalue weighted by atomic mass is 16.6. The molecule has 1 aromatic carbocycles. The van der Waals surface area contributed by atoms with Crippen molar-refractivity contribution in [3.63, 3.8) is 0 Å². The number of β-lactam (4-membered cyclic amide) rings is 1. The molecule has 1 aromatic rings. The standard InChI is InChI=1S/C16H19NO6/c1-9(18)12(16(21)22-3)17-13(11-7-5-4-6-8-11)14(15(17)20)23-10(2)19/h4-9,12-14,18H,1-3H3/t9?,12?,13-,14+/m0/s1. The molecule has 1 N–H and O–H groups in total. The molecular formula is C16H19NO6. The number of amides is 1. The first-order chi connectivity index (χ1) is 10.9. The van der Waals surface area contributed by atoms with Crippen LogP contribution in [-0.2, 0) is 23.9 Å². The summed E-state index contributed by atoms with van der Waals surface area (Å²) in [5.41, 5.74) is 0.702. The van der Waals surface area contributed by atoms with Crippen molar-refractivity contribution in [1.82, 2.24) is 4.90 Å². The van der Waals surface area contributed by atoms with Crippen LogP contribution in [0.15, 0.2) is 30.3 Å². The number of ether oxygens (including phenoxy) is 2. The third-order valence-electron chi connectivity index (χ3n) is 3.72. The minimum atomic E-state index is -1.16. The molecule has 2 unspecified atom stereocenters. The van der Waals surface area contributed by atoms with E-state index in [0.29, 0.717) is 5.56 Å². The molecule has 1 aliphatic rings. The molecule has 7 heteroatoms. The van der Waals surface area contributed by atoms with Crippen LogP contribution in [0.3, 0.4) is 0 Å². The Balaban J connectivity index is 2.38. The molecule has 0 saturated carbocycles. The molecule has 1 aliphatic heterocycles. The number of methoxy groups -OCH3 is 1. The average Bonchev–Trinajstić information content (AvgIpc) is 2.52. The van der Waals surface area contributed by atoms with Crippen molar-refractivity contribution in [2.24, 2.45) is 0 Å². The third-order valence-corrected chi connectivity index (χ3v) is 3.72. The monoisotopic (exact) mass is 321 g/mol. The van der Waals surface area contributed by atoms with E-state index in [0.717, 1.165) is 0 Å². The first kappa shape index (κ1) is 17.0. The maximum Gasteiger partial charge on any atom is 0.331 e. The molecule has 1 saturated heterocycles. The zero-order chi connectivity index (χ0) is 17.1. The predicted octanol–water partition coefficient (Wildman–Crippen LogP) is 0.424. The van der Waals surface area contributed by atoms with Gasteiger partial charge in [0.05, 0.1) is 13.2 Å². The summed E-state index contributed by atoms with van der Waals surface area (Å²) in [5.74, 6) is -1.85. The van der Waals surface area contributed by atoms with E-state index in [1.165, 1.54) is 25.9 Å². The molecule has 1 amide bonds. The third kappa shape index (κ3) is 3.19. The molecule has 0 radical (unpaired) electrons. The Morgan fingerprint density at radius 2 is 1.87 bits per heavy atom. The van der Waals surface area contributed by atoms with Crippen molar-refractivity contribution in [2.45, 2.75) is 38.1 Å². The lowest BCUT2D eigenvalue weighted by Gasteiger charge is -2.49. The summed E-state index contributed by atoms with van der Waals surface area (Å²) in [6.07, 6.45) is -2.14. The number of hydrogen-bond donors (Lipinski definition) is 1. The lowest BCUT2D eigenvalue weighted by atomic mass is 9.87. The molecular weight excluding hydrogens is 302 g/mol. The summed E-state index contributed by atoms with van der Waals surface area (Å²) in [7, 11) is 1.18. The predicted molar refractivity (Wildman–Crippen MR) is 79.1 cm³/mol. The molecule has 0 spiro atoms. The number of benzene rings is 1. The number of carbonyl (C=O) groups is 3. The number of esters is 2. The van der Waals surface area contributed by atoms with Gasteiger partial charge in [0.15, 0.2) is 6.04 Å². The second-order valence-electron chi connectivity index (χ2n) is 5.34. The largest absolute Gasteiger partial charge is 0.467 e. The van der Waals surface area contributed by atoms with Gasteiger partial charge in [-0.25, -0.2) is 4.79 Å². The van der Waals surface area contributed by atoms with Gasteiger partial charge in [-0.15, -0.1) is 0 Å². The molecule has 0 aliphatic carbocycles. The van der Waals surface area contributed by atoms with Gasteiger partial charge in [0, 0.05) is 6.92 Å². The molecule has 7 nitrogen and oxygen atoms in total. The van der Waals surface area contributed by atoms with Crippen LogP contribution in [0.5, 0.6) is 0 Å². The van der Waals surface area contributed by atoms with E-state index >= 15 is 0 Å². The Morgan fingerprint density at radius 1 is 1.26 bits per heavy atom. The molecule has 1 heterocycles. The van der Waals surface area contributed by atoms with Crippen LogP contribution in [-0.4, -0.2) is 53.2 Å². The second-order valence-corrected chi connectivity index (χ2v) is 5.34. The molecule has 4 atom stereocenters. The van der Waals surface area contributed by atoms with Crippen LogP contribution in [0.2, 0.25) is 0 Å². The van der Waals surface area contributed by atoms with E-state index in [4.69, 9.17) is 4.74 Å². The van der Waals surface area contributed by atoms with E-state index in [9.17, 15) is 19.5 Å². The highest BCUT2D eigenvalue weighted by molar-refractivity contribution is 5.94. The van der Waals surface area contributed by atoms with Crippen molar-refractivity contribution in [3.05, 3.63) is 35.9 Å². The molecule has 0 aromatic heterocycles. The van der Waals surface area contributed by atoms with E-state index in [1.807, 2.05) is 6.07 Å².